The third-order valence-corrected chi connectivity index (χ3v) is 5.18. The zero-order chi connectivity index (χ0) is 19.2. The second-order valence-electron chi connectivity index (χ2n) is 5.40. The van der Waals surface area contributed by atoms with Crippen molar-refractivity contribution in [3.05, 3.63) is 57.9 Å². The molecule has 2 heterocycles. The van der Waals surface area contributed by atoms with E-state index in [2.05, 4.69) is 36.4 Å². The van der Waals surface area contributed by atoms with Crippen LogP contribution >= 0.6 is 39.3 Å². The lowest BCUT2D eigenvalue weighted by Crippen LogP contribution is -2.15. The van der Waals surface area contributed by atoms with E-state index in [1.165, 1.54) is 11.8 Å². The van der Waals surface area contributed by atoms with Gasteiger partial charge >= 0.3 is 0 Å². The van der Waals surface area contributed by atoms with Crippen molar-refractivity contribution in [3.8, 4) is 5.75 Å². The fourth-order valence-corrected chi connectivity index (χ4v) is 3.12. The van der Waals surface area contributed by atoms with E-state index in [4.69, 9.17) is 16.3 Å². The van der Waals surface area contributed by atoms with Gasteiger partial charge in [-0.05, 0) is 52.3 Å². The Bertz CT molecular complexity index is 918. The van der Waals surface area contributed by atoms with Gasteiger partial charge in [-0.3, -0.25) is 4.79 Å². The van der Waals surface area contributed by atoms with Crippen molar-refractivity contribution in [2.24, 2.45) is 7.05 Å². The quantitative estimate of drug-likeness (QED) is 0.529. The van der Waals surface area contributed by atoms with Gasteiger partial charge in [-0.15, -0.1) is 10.2 Å². The molecule has 10 heteroatoms. The Labute approximate surface area is 173 Å². The number of hydrogen-bond donors (Lipinski definition) is 1. The summed E-state index contributed by atoms with van der Waals surface area (Å²) in [7, 11) is 1.83. The molecule has 3 rings (SSSR count). The minimum Gasteiger partial charge on any atom is -0.486 e. The molecule has 0 aliphatic carbocycles. The molecular weight excluding hydrogens is 454 g/mol. The third kappa shape index (κ3) is 5.69. The number of anilines is 1. The largest absolute Gasteiger partial charge is 0.486 e. The first-order valence-electron chi connectivity index (χ1n) is 7.82. The second kappa shape index (κ2) is 9.20. The molecule has 1 amide bonds. The summed E-state index contributed by atoms with van der Waals surface area (Å²) >= 11 is 10.4. The number of halogens is 2. The molecule has 7 nitrogen and oxygen atoms in total. The van der Waals surface area contributed by atoms with Gasteiger partial charge in [-0.1, -0.05) is 23.4 Å². The minimum absolute atomic E-state index is 0.170. The highest BCUT2D eigenvalue weighted by Gasteiger charge is 2.12. The van der Waals surface area contributed by atoms with Gasteiger partial charge in [0.2, 0.25) is 5.91 Å². The van der Waals surface area contributed by atoms with Crippen LogP contribution in [0.1, 0.15) is 5.82 Å². The molecule has 1 aromatic carbocycles. The number of carbonyl (C=O) groups excluding carboxylic acids is 1. The van der Waals surface area contributed by atoms with Gasteiger partial charge in [0.05, 0.1) is 5.75 Å². The Kier molecular flexibility index (Phi) is 6.70. The maximum atomic E-state index is 12.1. The lowest BCUT2D eigenvalue weighted by atomic mass is 10.3. The number of thioether (sulfide) groups is 1. The van der Waals surface area contributed by atoms with E-state index in [1.807, 2.05) is 13.1 Å². The van der Waals surface area contributed by atoms with E-state index in [0.717, 1.165) is 4.47 Å². The Morgan fingerprint density at radius 3 is 2.74 bits per heavy atom. The summed E-state index contributed by atoms with van der Waals surface area (Å²) in [6.45, 7) is 0.265. The fraction of sp³-hybridized carbons (Fsp3) is 0.176. The van der Waals surface area contributed by atoms with Crippen LogP contribution in [0.2, 0.25) is 5.02 Å². The summed E-state index contributed by atoms with van der Waals surface area (Å²) < 4.78 is 8.32. The number of nitrogens with one attached hydrogen (secondary N) is 1. The van der Waals surface area contributed by atoms with Crippen molar-refractivity contribution >= 4 is 51.0 Å². The van der Waals surface area contributed by atoms with Crippen molar-refractivity contribution < 1.29 is 9.53 Å². The Morgan fingerprint density at radius 1 is 1.26 bits per heavy atom. The van der Waals surface area contributed by atoms with Crippen molar-refractivity contribution in [1.82, 2.24) is 19.7 Å². The van der Waals surface area contributed by atoms with Crippen LogP contribution in [0.4, 0.5) is 5.82 Å². The van der Waals surface area contributed by atoms with Crippen LogP contribution in [0.3, 0.4) is 0 Å². The van der Waals surface area contributed by atoms with Gasteiger partial charge in [0.15, 0.2) is 11.0 Å². The first kappa shape index (κ1) is 19.7. The Balaban J connectivity index is 1.51. The maximum absolute atomic E-state index is 12.1. The average Bonchev–Trinajstić information content (AvgIpc) is 3.01. The lowest BCUT2D eigenvalue weighted by molar-refractivity contribution is -0.113. The number of ether oxygens (including phenoxy) is 1. The van der Waals surface area contributed by atoms with Gasteiger partial charge in [0.25, 0.3) is 0 Å². The van der Waals surface area contributed by atoms with Crippen molar-refractivity contribution in [3.63, 3.8) is 0 Å². The summed E-state index contributed by atoms with van der Waals surface area (Å²) in [5.41, 5.74) is 0. The molecule has 0 fully saturated rings. The summed E-state index contributed by atoms with van der Waals surface area (Å²) in [6.07, 6.45) is 1.62. The third-order valence-electron chi connectivity index (χ3n) is 3.43. The number of nitrogens with zero attached hydrogens (tertiary/aromatic N) is 4. The predicted molar refractivity (Wildman–Crippen MR) is 108 cm³/mol. The monoisotopic (exact) mass is 467 g/mol. The van der Waals surface area contributed by atoms with Gasteiger partial charge in [-0.25, -0.2) is 4.98 Å². The molecule has 0 saturated carbocycles. The molecule has 0 bridgehead atoms. The SMILES string of the molecule is Cn1c(COc2ccc(Cl)cc2)nnc1SCC(=O)Nc1ccc(Br)cn1. The zero-order valence-electron chi connectivity index (χ0n) is 14.2. The average molecular weight is 469 g/mol. The van der Waals surface area contributed by atoms with Crippen LogP contribution in [0, 0.1) is 0 Å². The molecule has 0 saturated heterocycles. The number of amides is 1. The summed E-state index contributed by atoms with van der Waals surface area (Å²) in [4.78, 5) is 16.2. The van der Waals surface area contributed by atoms with Gasteiger partial charge in [0, 0.05) is 22.7 Å². The predicted octanol–water partition coefficient (Wildman–Crippen LogP) is 3.94. The Hall–Kier alpha value is -2.10. The van der Waals surface area contributed by atoms with E-state index >= 15 is 0 Å². The van der Waals surface area contributed by atoms with Crippen LogP contribution in [-0.2, 0) is 18.4 Å². The molecule has 27 heavy (non-hydrogen) atoms. The molecule has 140 valence electrons. The maximum Gasteiger partial charge on any atom is 0.236 e. The number of hydrogen-bond acceptors (Lipinski definition) is 6. The van der Waals surface area contributed by atoms with E-state index in [-0.39, 0.29) is 18.3 Å². The number of aromatic nitrogens is 4. The van der Waals surface area contributed by atoms with Gasteiger partial charge < -0.3 is 14.6 Å². The second-order valence-corrected chi connectivity index (χ2v) is 7.69. The highest BCUT2D eigenvalue weighted by atomic mass is 79.9. The highest BCUT2D eigenvalue weighted by Crippen LogP contribution is 2.19. The Morgan fingerprint density at radius 2 is 2.04 bits per heavy atom. The van der Waals surface area contributed by atoms with Gasteiger partial charge in [0.1, 0.15) is 18.2 Å². The van der Waals surface area contributed by atoms with E-state index in [1.54, 1.807) is 41.1 Å². The molecule has 0 spiro atoms. The molecule has 0 aliphatic rings. The number of rotatable bonds is 7. The zero-order valence-corrected chi connectivity index (χ0v) is 17.4. The molecule has 2 aromatic heterocycles. The fourth-order valence-electron chi connectivity index (χ4n) is 2.03. The first-order valence-corrected chi connectivity index (χ1v) is 9.98. The van der Waals surface area contributed by atoms with E-state index < -0.39 is 0 Å². The first-order chi connectivity index (χ1) is 13.0. The highest BCUT2D eigenvalue weighted by molar-refractivity contribution is 9.10. The summed E-state index contributed by atoms with van der Waals surface area (Å²) in [5.74, 6) is 1.87. The molecule has 3 aromatic rings. The van der Waals surface area contributed by atoms with Crippen molar-refractivity contribution in [2.45, 2.75) is 11.8 Å². The van der Waals surface area contributed by atoms with Crippen molar-refractivity contribution in [2.75, 3.05) is 11.1 Å². The van der Waals surface area contributed by atoms with Crippen LogP contribution in [-0.4, -0.2) is 31.4 Å². The molecule has 0 atom stereocenters. The summed E-state index contributed by atoms with van der Waals surface area (Å²) in [5, 5.41) is 12.2. The molecule has 1 N–H and O–H groups in total. The minimum atomic E-state index is -0.170. The number of benzene rings is 1. The molecular formula is C17H15BrClN5O2S. The standard InChI is InChI=1S/C17H15BrClN5O2S/c1-24-15(9-26-13-5-3-12(19)4-6-13)22-23-17(24)27-10-16(25)21-14-7-2-11(18)8-20-14/h2-8H,9-10H2,1H3,(H,20,21,25). The molecule has 0 radical (unpaired) electrons. The lowest BCUT2D eigenvalue weighted by Gasteiger charge is -2.07. The van der Waals surface area contributed by atoms with E-state index in [0.29, 0.717) is 27.6 Å². The van der Waals surface area contributed by atoms with Gasteiger partial charge in [-0.2, -0.15) is 0 Å². The normalized spacial score (nSPS) is 10.6. The van der Waals surface area contributed by atoms with E-state index in [9.17, 15) is 4.79 Å². The molecule has 0 aliphatic heterocycles. The number of carbonyl (C=O) groups is 1. The van der Waals surface area contributed by atoms with Crippen LogP contribution < -0.4 is 10.1 Å². The van der Waals surface area contributed by atoms with Crippen LogP contribution in [0.5, 0.6) is 5.75 Å². The van der Waals surface area contributed by atoms with Crippen molar-refractivity contribution in [1.29, 1.82) is 0 Å². The topological polar surface area (TPSA) is 81.9 Å². The summed E-state index contributed by atoms with van der Waals surface area (Å²) in [6, 6.07) is 10.6. The van der Waals surface area contributed by atoms with Crippen LogP contribution in [0.25, 0.3) is 0 Å². The van der Waals surface area contributed by atoms with Crippen LogP contribution in [0.15, 0.2) is 52.2 Å². The smallest absolute Gasteiger partial charge is 0.236 e. The molecule has 0 unspecified atom stereocenters. The number of pyridine rings is 1.